The first-order chi connectivity index (χ1) is 7.21. The Bertz CT molecular complexity index is 384. The van der Waals surface area contributed by atoms with Crippen LogP contribution in [-0.4, -0.2) is 0 Å². The Morgan fingerprint density at radius 1 is 0.600 bits per heavy atom. The second-order valence-corrected chi connectivity index (χ2v) is 6.26. The molecule has 1 nitrogen and oxygen atoms in total. The molecule has 2 rings (SSSR count). The van der Waals surface area contributed by atoms with Crippen molar-refractivity contribution in [2.24, 2.45) is 0 Å². The van der Waals surface area contributed by atoms with Crippen molar-refractivity contribution >= 4 is 43.7 Å². The van der Waals surface area contributed by atoms with Crippen LogP contribution in [0.25, 0.3) is 0 Å². The van der Waals surface area contributed by atoms with Gasteiger partial charge in [0.25, 0.3) is 32.3 Å². The number of hydrogen-bond acceptors (Lipinski definition) is 0. The molecule has 0 heterocycles. The number of quaternary nitrogens is 1. The molecule has 0 amide bonds. The van der Waals surface area contributed by atoms with E-state index in [0.29, 0.717) is 2.54 Å². The van der Waals surface area contributed by atoms with E-state index in [4.69, 9.17) is 0 Å². The number of hydrogen-bond donors (Lipinski definition) is 0. The normalized spacial score (nSPS) is 11.3. The van der Waals surface area contributed by atoms with Crippen molar-refractivity contribution in [1.82, 2.24) is 2.54 Å². The van der Waals surface area contributed by atoms with Crippen molar-refractivity contribution in [1.29, 1.82) is 0 Å². The third-order valence-electron chi connectivity index (χ3n) is 2.16. The molecule has 0 fully saturated rings. The molecule has 0 aliphatic heterocycles. The highest BCUT2D eigenvalue weighted by Gasteiger charge is 2.28. The van der Waals surface area contributed by atoms with Crippen LogP contribution in [0.2, 0.25) is 0 Å². The molecule has 0 radical (unpaired) electrons. The quantitative estimate of drug-likeness (QED) is 0.685. The summed E-state index contributed by atoms with van der Waals surface area (Å²) in [6, 6.07) is 20.4. The Labute approximate surface area is 107 Å². The molecule has 0 unspecified atom stereocenters. The molecule has 0 aliphatic carbocycles. The Balaban J connectivity index is 2.44. The second kappa shape index (κ2) is 4.47. The van der Waals surface area contributed by atoms with Crippen LogP contribution in [0.5, 0.6) is 0 Å². The standard InChI is InChI=1S/C12H10Br2N/c13-15(14,11-7-3-1-4-8-11)12-9-5-2-6-10-12/h1-10H/q+1. The van der Waals surface area contributed by atoms with Gasteiger partial charge in [0, 0.05) is 24.3 Å². The van der Waals surface area contributed by atoms with Gasteiger partial charge in [-0.1, -0.05) is 36.4 Å². The molecule has 2 aromatic rings. The summed E-state index contributed by atoms with van der Waals surface area (Å²) >= 11 is 7.30. The van der Waals surface area contributed by atoms with Gasteiger partial charge in [0.1, 0.15) is 0 Å². The lowest BCUT2D eigenvalue weighted by Gasteiger charge is -2.19. The molecule has 3 heteroatoms. The van der Waals surface area contributed by atoms with E-state index in [0.717, 1.165) is 11.4 Å². The molecule has 0 spiro atoms. The predicted molar refractivity (Wildman–Crippen MR) is 72.2 cm³/mol. The highest BCUT2D eigenvalue weighted by atomic mass is 79.9. The summed E-state index contributed by atoms with van der Waals surface area (Å²) < 4.78 is 0.404. The van der Waals surface area contributed by atoms with Gasteiger partial charge in [0.05, 0.1) is 0 Å². The first-order valence-corrected chi connectivity index (χ1v) is 6.03. The van der Waals surface area contributed by atoms with E-state index in [1.165, 1.54) is 0 Å². The van der Waals surface area contributed by atoms with Gasteiger partial charge in [-0.25, -0.2) is 0 Å². The summed E-state index contributed by atoms with van der Waals surface area (Å²) in [4.78, 5) is 0. The third kappa shape index (κ3) is 2.30. The number of rotatable bonds is 2. The maximum absolute atomic E-state index is 3.65. The average Bonchev–Trinajstić information content (AvgIpc) is 2.31. The Kier molecular flexibility index (Phi) is 3.24. The zero-order valence-corrected chi connectivity index (χ0v) is 11.1. The van der Waals surface area contributed by atoms with Crippen LogP contribution >= 0.6 is 32.3 Å². The number of nitrogens with zero attached hydrogens (tertiary/aromatic N) is 1. The van der Waals surface area contributed by atoms with Crippen molar-refractivity contribution in [3.8, 4) is 0 Å². The molecule has 2 aromatic carbocycles. The van der Waals surface area contributed by atoms with Crippen molar-refractivity contribution in [2.75, 3.05) is 0 Å². The predicted octanol–water partition coefficient (Wildman–Crippen LogP) is 4.95. The van der Waals surface area contributed by atoms with Crippen molar-refractivity contribution < 1.29 is 0 Å². The molecule has 0 saturated carbocycles. The van der Waals surface area contributed by atoms with E-state index in [-0.39, 0.29) is 0 Å². The van der Waals surface area contributed by atoms with Crippen LogP contribution in [-0.2, 0) is 0 Å². The molecular weight excluding hydrogens is 318 g/mol. The zero-order chi connectivity index (χ0) is 10.7. The van der Waals surface area contributed by atoms with Gasteiger partial charge in [-0.05, 0) is 0 Å². The molecule has 15 heavy (non-hydrogen) atoms. The lowest BCUT2D eigenvalue weighted by Crippen LogP contribution is -2.17. The highest BCUT2D eigenvalue weighted by molar-refractivity contribution is 9.23. The Morgan fingerprint density at radius 3 is 1.27 bits per heavy atom. The van der Waals surface area contributed by atoms with Crippen LogP contribution in [0.3, 0.4) is 0 Å². The number of halogens is 2. The molecule has 0 atom stereocenters. The lowest BCUT2D eigenvalue weighted by atomic mass is 10.3. The molecule has 0 bridgehead atoms. The zero-order valence-electron chi connectivity index (χ0n) is 7.98. The maximum atomic E-state index is 3.65. The molecule has 0 N–H and O–H groups in total. The highest BCUT2D eigenvalue weighted by Crippen LogP contribution is 2.42. The van der Waals surface area contributed by atoms with Crippen molar-refractivity contribution in [2.45, 2.75) is 0 Å². The minimum Gasteiger partial charge on any atom is -0.125 e. The molecule has 76 valence electrons. The summed E-state index contributed by atoms with van der Waals surface area (Å²) in [6.07, 6.45) is 0. The summed E-state index contributed by atoms with van der Waals surface area (Å²) in [5.41, 5.74) is 2.26. The summed E-state index contributed by atoms with van der Waals surface area (Å²) in [5.74, 6) is 0. The van der Waals surface area contributed by atoms with Gasteiger partial charge in [-0.2, -0.15) is 0 Å². The van der Waals surface area contributed by atoms with Gasteiger partial charge in [-0.3, -0.25) is 0 Å². The fourth-order valence-electron chi connectivity index (χ4n) is 1.38. The summed E-state index contributed by atoms with van der Waals surface area (Å²) in [7, 11) is 0. The first-order valence-electron chi connectivity index (χ1n) is 4.61. The van der Waals surface area contributed by atoms with Crippen molar-refractivity contribution in [3.05, 3.63) is 60.7 Å². The topological polar surface area (TPSA) is 0 Å². The number of para-hydroxylation sites is 2. The summed E-state index contributed by atoms with van der Waals surface area (Å²) in [5, 5.41) is 0. The second-order valence-electron chi connectivity index (χ2n) is 3.18. The largest absolute Gasteiger partial charge is 0.251 e. The van der Waals surface area contributed by atoms with Crippen molar-refractivity contribution in [3.63, 3.8) is 0 Å². The molecule has 0 aromatic heterocycles. The van der Waals surface area contributed by atoms with E-state index in [2.05, 4.69) is 56.6 Å². The minimum absolute atomic E-state index is 0.404. The fourth-order valence-corrected chi connectivity index (χ4v) is 2.33. The van der Waals surface area contributed by atoms with E-state index < -0.39 is 0 Å². The monoisotopic (exact) mass is 326 g/mol. The molecular formula is C12H10Br2N+. The lowest BCUT2D eigenvalue weighted by molar-refractivity contribution is 1.03. The van der Waals surface area contributed by atoms with Crippen LogP contribution in [0.4, 0.5) is 11.4 Å². The van der Waals surface area contributed by atoms with E-state index in [1.54, 1.807) is 0 Å². The van der Waals surface area contributed by atoms with Crippen LogP contribution in [0.1, 0.15) is 0 Å². The Morgan fingerprint density at radius 2 is 0.933 bits per heavy atom. The van der Waals surface area contributed by atoms with Gasteiger partial charge in [0.2, 0.25) is 0 Å². The van der Waals surface area contributed by atoms with E-state index in [1.807, 2.05) is 36.4 Å². The van der Waals surface area contributed by atoms with Crippen LogP contribution in [0.15, 0.2) is 60.7 Å². The minimum atomic E-state index is 0.404. The fraction of sp³-hybridized carbons (Fsp3) is 0. The Hall–Kier alpha value is -0.640. The van der Waals surface area contributed by atoms with Gasteiger partial charge < -0.3 is 0 Å². The van der Waals surface area contributed by atoms with Gasteiger partial charge in [-0.15, -0.1) is 2.54 Å². The first kappa shape index (κ1) is 10.9. The summed E-state index contributed by atoms with van der Waals surface area (Å²) in [6.45, 7) is 0. The SMILES string of the molecule is Br[N+](Br)(c1ccccc1)c1ccccc1. The van der Waals surface area contributed by atoms with Gasteiger partial charge >= 0.3 is 0 Å². The molecule has 0 aliphatic rings. The third-order valence-corrected chi connectivity index (χ3v) is 3.80. The number of benzene rings is 2. The van der Waals surface area contributed by atoms with E-state index >= 15 is 0 Å². The van der Waals surface area contributed by atoms with Crippen LogP contribution in [0, 0.1) is 0 Å². The van der Waals surface area contributed by atoms with Gasteiger partial charge in [0.15, 0.2) is 11.4 Å². The molecule has 0 saturated heterocycles. The maximum Gasteiger partial charge on any atom is 0.251 e. The smallest absolute Gasteiger partial charge is 0.125 e. The van der Waals surface area contributed by atoms with Crippen LogP contribution < -0.4 is 2.54 Å². The average molecular weight is 328 g/mol. The van der Waals surface area contributed by atoms with E-state index in [9.17, 15) is 0 Å².